The molecular weight excluding hydrogens is 350 g/mol. The highest BCUT2D eigenvalue weighted by molar-refractivity contribution is 5.75. The number of aromatic nitrogens is 4. The van der Waals surface area contributed by atoms with Crippen molar-refractivity contribution in [3.63, 3.8) is 0 Å². The highest BCUT2D eigenvalue weighted by Gasteiger charge is 2.22. The van der Waals surface area contributed by atoms with Gasteiger partial charge in [0.15, 0.2) is 0 Å². The van der Waals surface area contributed by atoms with Gasteiger partial charge in [0.25, 0.3) is 0 Å². The molecule has 0 atom stereocenters. The van der Waals surface area contributed by atoms with Gasteiger partial charge < -0.3 is 5.32 Å². The first kappa shape index (κ1) is 18.3. The van der Waals surface area contributed by atoms with E-state index in [1.807, 2.05) is 30.3 Å². The second kappa shape index (κ2) is 8.78. The molecular formula is C22H25N5O. The number of nitrogens with one attached hydrogen (secondary N) is 1. The number of nitrogens with zero attached hydrogens (tertiary/aromatic N) is 4. The monoisotopic (exact) mass is 375 g/mol. The molecule has 1 N–H and O–H groups in total. The SMILES string of the molecule is O=C(Cn1nnc(-c2ccccc2)n1)NCC1CCC(c2ccccc2)CC1. The first-order valence-electron chi connectivity index (χ1n) is 9.93. The van der Waals surface area contributed by atoms with Crippen molar-refractivity contribution in [2.45, 2.75) is 38.1 Å². The number of hydrogen-bond donors (Lipinski definition) is 1. The fourth-order valence-corrected chi connectivity index (χ4v) is 3.88. The zero-order chi connectivity index (χ0) is 19.2. The lowest BCUT2D eigenvalue weighted by Gasteiger charge is -2.28. The van der Waals surface area contributed by atoms with Gasteiger partial charge in [0.05, 0.1) is 0 Å². The van der Waals surface area contributed by atoms with Gasteiger partial charge in [-0.05, 0) is 48.3 Å². The molecule has 0 unspecified atom stereocenters. The average molecular weight is 375 g/mol. The number of carbonyl (C=O) groups is 1. The van der Waals surface area contributed by atoms with Crippen LogP contribution in [-0.2, 0) is 11.3 Å². The molecule has 0 aliphatic heterocycles. The molecule has 2 aromatic carbocycles. The van der Waals surface area contributed by atoms with Crippen LogP contribution in [0.4, 0.5) is 0 Å². The Labute approximate surface area is 165 Å². The van der Waals surface area contributed by atoms with E-state index >= 15 is 0 Å². The number of hydrogen-bond acceptors (Lipinski definition) is 4. The number of rotatable bonds is 6. The molecule has 1 aliphatic rings. The van der Waals surface area contributed by atoms with Gasteiger partial charge >= 0.3 is 0 Å². The third-order valence-electron chi connectivity index (χ3n) is 5.48. The molecule has 6 heteroatoms. The van der Waals surface area contributed by atoms with E-state index in [1.54, 1.807) is 0 Å². The Morgan fingerprint density at radius 1 is 0.964 bits per heavy atom. The van der Waals surface area contributed by atoms with E-state index in [0.717, 1.165) is 24.9 Å². The molecule has 144 valence electrons. The van der Waals surface area contributed by atoms with Gasteiger partial charge in [-0.15, -0.1) is 10.2 Å². The van der Waals surface area contributed by atoms with E-state index < -0.39 is 0 Å². The van der Waals surface area contributed by atoms with Crippen LogP contribution in [-0.4, -0.2) is 32.7 Å². The highest BCUT2D eigenvalue weighted by atomic mass is 16.2. The van der Waals surface area contributed by atoms with Gasteiger partial charge in [0, 0.05) is 12.1 Å². The van der Waals surface area contributed by atoms with E-state index in [0.29, 0.717) is 17.7 Å². The quantitative estimate of drug-likeness (QED) is 0.716. The molecule has 6 nitrogen and oxygen atoms in total. The van der Waals surface area contributed by atoms with Crippen LogP contribution >= 0.6 is 0 Å². The minimum Gasteiger partial charge on any atom is -0.354 e. The summed E-state index contributed by atoms with van der Waals surface area (Å²) in [4.78, 5) is 13.6. The summed E-state index contributed by atoms with van der Waals surface area (Å²) < 4.78 is 0. The first-order chi connectivity index (χ1) is 13.8. The Bertz CT molecular complexity index is 886. The van der Waals surface area contributed by atoms with Crippen LogP contribution in [0.5, 0.6) is 0 Å². The van der Waals surface area contributed by atoms with Crippen molar-refractivity contribution in [2.75, 3.05) is 6.54 Å². The summed E-state index contributed by atoms with van der Waals surface area (Å²) in [6, 6.07) is 20.4. The Balaban J connectivity index is 1.22. The molecule has 0 spiro atoms. The van der Waals surface area contributed by atoms with Gasteiger partial charge in [0.1, 0.15) is 6.54 Å². The Morgan fingerprint density at radius 3 is 2.36 bits per heavy atom. The summed E-state index contributed by atoms with van der Waals surface area (Å²) in [6.45, 7) is 0.819. The van der Waals surface area contributed by atoms with Gasteiger partial charge in [-0.2, -0.15) is 4.80 Å². The van der Waals surface area contributed by atoms with E-state index in [1.165, 1.54) is 23.2 Å². The van der Waals surface area contributed by atoms with Crippen LogP contribution in [0.2, 0.25) is 0 Å². The second-order valence-electron chi connectivity index (χ2n) is 7.44. The number of benzene rings is 2. The molecule has 0 radical (unpaired) electrons. The van der Waals surface area contributed by atoms with Crippen LogP contribution in [0.15, 0.2) is 60.7 Å². The first-order valence-corrected chi connectivity index (χ1v) is 9.93. The predicted molar refractivity (Wildman–Crippen MR) is 107 cm³/mol. The molecule has 1 heterocycles. The van der Waals surface area contributed by atoms with Crippen molar-refractivity contribution in [1.29, 1.82) is 0 Å². The summed E-state index contributed by atoms with van der Waals surface area (Å²) in [7, 11) is 0. The van der Waals surface area contributed by atoms with Crippen molar-refractivity contribution in [3.8, 4) is 11.4 Å². The predicted octanol–water partition coefficient (Wildman–Crippen LogP) is 3.43. The molecule has 1 amide bonds. The summed E-state index contributed by atoms with van der Waals surface area (Å²) >= 11 is 0. The number of amides is 1. The summed E-state index contributed by atoms with van der Waals surface area (Å²) in [5, 5.41) is 15.3. The lowest BCUT2D eigenvalue weighted by atomic mass is 9.79. The maximum Gasteiger partial charge on any atom is 0.243 e. The third-order valence-corrected chi connectivity index (χ3v) is 5.48. The largest absolute Gasteiger partial charge is 0.354 e. The number of tetrazole rings is 1. The zero-order valence-electron chi connectivity index (χ0n) is 15.9. The smallest absolute Gasteiger partial charge is 0.243 e. The van der Waals surface area contributed by atoms with E-state index in [2.05, 4.69) is 51.1 Å². The molecule has 1 fully saturated rings. The second-order valence-corrected chi connectivity index (χ2v) is 7.44. The molecule has 0 saturated heterocycles. The summed E-state index contributed by atoms with van der Waals surface area (Å²) in [5.41, 5.74) is 2.33. The lowest BCUT2D eigenvalue weighted by molar-refractivity contribution is -0.122. The van der Waals surface area contributed by atoms with Crippen LogP contribution < -0.4 is 5.32 Å². The van der Waals surface area contributed by atoms with E-state index in [9.17, 15) is 4.79 Å². The molecule has 1 saturated carbocycles. The standard InChI is InChI=1S/C22H25N5O/c28-21(16-27-25-22(24-26-27)20-9-5-2-6-10-20)23-15-17-11-13-19(14-12-17)18-7-3-1-4-8-18/h1-10,17,19H,11-16H2,(H,23,28). The minimum atomic E-state index is -0.0674. The summed E-state index contributed by atoms with van der Waals surface area (Å²) in [5.74, 6) is 1.67. The normalized spacial score (nSPS) is 19.3. The topological polar surface area (TPSA) is 72.7 Å². The van der Waals surface area contributed by atoms with Crippen molar-refractivity contribution >= 4 is 5.91 Å². The minimum absolute atomic E-state index is 0.0674. The third kappa shape index (κ3) is 4.63. The molecule has 28 heavy (non-hydrogen) atoms. The molecule has 1 aliphatic carbocycles. The van der Waals surface area contributed by atoms with Crippen LogP contribution in [0.3, 0.4) is 0 Å². The van der Waals surface area contributed by atoms with Crippen molar-refractivity contribution in [2.24, 2.45) is 5.92 Å². The highest BCUT2D eigenvalue weighted by Crippen LogP contribution is 2.35. The fourth-order valence-electron chi connectivity index (χ4n) is 3.88. The van der Waals surface area contributed by atoms with Gasteiger partial charge in [0.2, 0.25) is 11.7 Å². The van der Waals surface area contributed by atoms with Crippen LogP contribution in [0, 0.1) is 5.92 Å². The van der Waals surface area contributed by atoms with Gasteiger partial charge in [-0.25, -0.2) is 0 Å². The van der Waals surface area contributed by atoms with Gasteiger partial charge in [-0.1, -0.05) is 60.7 Å². The van der Waals surface area contributed by atoms with Crippen molar-refractivity contribution in [1.82, 2.24) is 25.5 Å². The maximum absolute atomic E-state index is 12.2. The summed E-state index contributed by atoms with van der Waals surface area (Å²) in [6.07, 6.45) is 4.68. The van der Waals surface area contributed by atoms with E-state index in [-0.39, 0.29) is 12.5 Å². The van der Waals surface area contributed by atoms with Crippen LogP contribution in [0.25, 0.3) is 11.4 Å². The molecule has 1 aromatic heterocycles. The lowest BCUT2D eigenvalue weighted by Crippen LogP contribution is -2.33. The number of carbonyl (C=O) groups excluding carboxylic acids is 1. The van der Waals surface area contributed by atoms with Crippen molar-refractivity contribution < 1.29 is 4.79 Å². The zero-order valence-corrected chi connectivity index (χ0v) is 15.9. The molecule has 0 bridgehead atoms. The Hall–Kier alpha value is -3.02. The van der Waals surface area contributed by atoms with Gasteiger partial charge in [-0.3, -0.25) is 4.79 Å². The fraction of sp³-hybridized carbons (Fsp3) is 0.364. The Kier molecular flexibility index (Phi) is 5.75. The maximum atomic E-state index is 12.2. The molecule has 4 rings (SSSR count). The van der Waals surface area contributed by atoms with E-state index in [4.69, 9.17) is 0 Å². The average Bonchev–Trinajstić information content (AvgIpc) is 3.22. The van der Waals surface area contributed by atoms with Crippen LogP contribution in [0.1, 0.15) is 37.2 Å². The molecule has 3 aromatic rings. The van der Waals surface area contributed by atoms with Crippen molar-refractivity contribution in [3.05, 3.63) is 66.2 Å². The Morgan fingerprint density at radius 2 is 1.64 bits per heavy atom.